The van der Waals surface area contributed by atoms with E-state index in [1.807, 2.05) is 17.9 Å². The number of aryl methyl sites for hydroxylation is 1. The van der Waals surface area contributed by atoms with Crippen LogP contribution in [0.2, 0.25) is 0 Å². The van der Waals surface area contributed by atoms with E-state index < -0.39 is 0 Å². The number of nitrogens with one attached hydrogen (secondary N) is 1. The molecule has 3 aliphatic rings. The number of rotatable bonds is 4. The fourth-order valence-electron chi connectivity index (χ4n) is 4.71. The van der Waals surface area contributed by atoms with Crippen LogP contribution in [0.3, 0.4) is 0 Å². The van der Waals surface area contributed by atoms with E-state index in [4.69, 9.17) is 5.73 Å². The largest absolute Gasteiger partial charge is 0.368 e. The molecule has 4 rings (SSSR count). The zero-order chi connectivity index (χ0) is 18.3. The van der Waals surface area contributed by atoms with Gasteiger partial charge in [-0.2, -0.15) is 4.98 Å². The van der Waals surface area contributed by atoms with Crippen molar-refractivity contribution in [2.45, 2.75) is 51.6 Å². The number of aromatic nitrogens is 2. The van der Waals surface area contributed by atoms with Crippen LogP contribution in [0.15, 0.2) is 6.07 Å². The summed E-state index contributed by atoms with van der Waals surface area (Å²) in [6, 6.07) is 2.99. The number of carbonyl (C=O) groups excluding carboxylic acids is 1. The first-order valence-corrected chi connectivity index (χ1v) is 9.87. The van der Waals surface area contributed by atoms with Gasteiger partial charge in [-0.15, -0.1) is 0 Å². The van der Waals surface area contributed by atoms with Gasteiger partial charge in [-0.25, -0.2) is 4.98 Å². The lowest BCUT2D eigenvalue weighted by Gasteiger charge is -2.36. The van der Waals surface area contributed by atoms with Crippen LogP contribution in [-0.2, 0) is 4.79 Å². The Morgan fingerprint density at radius 3 is 2.54 bits per heavy atom. The highest BCUT2D eigenvalue weighted by Gasteiger charge is 2.44. The first-order chi connectivity index (χ1) is 12.5. The lowest BCUT2D eigenvalue weighted by Crippen LogP contribution is -2.46. The van der Waals surface area contributed by atoms with Crippen LogP contribution in [0.1, 0.15) is 38.3 Å². The van der Waals surface area contributed by atoms with Crippen molar-refractivity contribution in [2.75, 3.05) is 37.2 Å². The number of amides is 1. The molecule has 1 aliphatic carbocycles. The van der Waals surface area contributed by atoms with Crippen molar-refractivity contribution in [2.24, 2.45) is 11.8 Å². The van der Waals surface area contributed by atoms with Gasteiger partial charge in [-0.3, -0.25) is 9.69 Å². The number of hydrogen-bond donors (Lipinski definition) is 2. The molecule has 3 fully saturated rings. The van der Waals surface area contributed by atoms with Gasteiger partial charge in [-0.1, -0.05) is 0 Å². The second kappa shape index (κ2) is 7.02. The number of nitrogens with two attached hydrogens (primary N) is 1. The fourth-order valence-corrected chi connectivity index (χ4v) is 4.71. The topological polar surface area (TPSA) is 87.4 Å². The van der Waals surface area contributed by atoms with Crippen LogP contribution in [0, 0.1) is 18.8 Å². The maximum atomic E-state index is 11.6. The second-order valence-electron chi connectivity index (χ2n) is 8.20. The first kappa shape index (κ1) is 17.5. The molecule has 1 saturated carbocycles. The summed E-state index contributed by atoms with van der Waals surface area (Å²) in [5.74, 6) is 2.91. The minimum absolute atomic E-state index is 0.206. The third kappa shape index (κ3) is 3.77. The molecule has 1 aromatic heterocycles. The standard InChI is InChI=1S/C19H30N6O/c1-12-9-18(23-19(20)21-12)22-17-11-25(10-16(17)14-3-4-14)15-5-7-24(8-6-15)13(2)26/h9,14-17H,3-8,10-11H2,1-2H3,(H3,20,21,22,23)/t16-,17+/m1/s1. The van der Waals surface area contributed by atoms with Crippen LogP contribution in [0.4, 0.5) is 11.8 Å². The molecule has 3 N–H and O–H groups in total. The fraction of sp³-hybridized carbons (Fsp3) is 0.737. The molecule has 26 heavy (non-hydrogen) atoms. The number of carbonyl (C=O) groups is 1. The number of hydrogen-bond acceptors (Lipinski definition) is 6. The molecule has 1 aromatic rings. The lowest BCUT2D eigenvalue weighted by atomic mass is 9.98. The Balaban J connectivity index is 1.41. The molecule has 2 atom stereocenters. The van der Waals surface area contributed by atoms with Gasteiger partial charge in [0.25, 0.3) is 0 Å². The summed E-state index contributed by atoms with van der Waals surface area (Å²) in [5, 5.41) is 3.65. The molecular weight excluding hydrogens is 328 g/mol. The first-order valence-electron chi connectivity index (χ1n) is 9.87. The molecule has 0 radical (unpaired) electrons. The van der Waals surface area contributed by atoms with Crippen molar-refractivity contribution in [3.05, 3.63) is 11.8 Å². The van der Waals surface area contributed by atoms with Gasteiger partial charge < -0.3 is 16.0 Å². The lowest BCUT2D eigenvalue weighted by molar-refractivity contribution is -0.130. The molecule has 3 heterocycles. The number of piperidine rings is 1. The summed E-state index contributed by atoms with van der Waals surface area (Å²) in [4.78, 5) is 24.7. The number of likely N-dealkylation sites (tertiary alicyclic amines) is 2. The summed E-state index contributed by atoms with van der Waals surface area (Å²) in [5.41, 5.74) is 6.71. The monoisotopic (exact) mass is 358 g/mol. The third-order valence-corrected chi connectivity index (χ3v) is 6.25. The summed E-state index contributed by atoms with van der Waals surface area (Å²) >= 11 is 0. The van der Waals surface area contributed by atoms with Gasteiger partial charge in [0.15, 0.2) is 0 Å². The summed E-state index contributed by atoms with van der Waals surface area (Å²) in [7, 11) is 0. The van der Waals surface area contributed by atoms with Crippen molar-refractivity contribution >= 4 is 17.7 Å². The van der Waals surface area contributed by atoms with Gasteiger partial charge in [0.2, 0.25) is 11.9 Å². The summed E-state index contributed by atoms with van der Waals surface area (Å²) in [6.45, 7) is 7.62. The molecule has 0 unspecified atom stereocenters. The highest BCUT2D eigenvalue weighted by atomic mass is 16.2. The van der Waals surface area contributed by atoms with E-state index in [1.54, 1.807) is 6.92 Å². The van der Waals surface area contributed by atoms with E-state index in [2.05, 4.69) is 20.2 Å². The van der Waals surface area contributed by atoms with Gasteiger partial charge >= 0.3 is 0 Å². The van der Waals surface area contributed by atoms with Gasteiger partial charge in [0.1, 0.15) is 5.82 Å². The minimum atomic E-state index is 0.206. The van der Waals surface area contributed by atoms with Crippen LogP contribution >= 0.6 is 0 Å². The molecule has 1 amide bonds. The molecule has 0 aromatic carbocycles. The molecular formula is C19H30N6O. The predicted octanol–water partition coefficient (Wildman–Crippen LogP) is 1.50. The van der Waals surface area contributed by atoms with Crippen LogP contribution in [0.25, 0.3) is 0 Å². The van der Waals surface area contributed by atoms with Gasteiger partial charge in [-0.05, 0) is 44.4 Å². The van der Waals surface area contributed by atoms with Crippen molar-refractivity contribution < 1.29 is 4.79 Å². The van der Waals surface area contributed by atoms with E-state index in [9.17, 15) is 4.79 Å². The zero-order valence-electron chi connectivity index (χ0n) is 15.8. The normalized spacial score (nSPS) is 27.7. The van der Waals surface area contributed by atoms with Crippen LogP contribution in [0.5, 0.6) is 0 Å². The zero-order valence-corrected chi connectivity index (χ0v) is 15.8. The number of nitrogens with zero attached hydrogens (tertiary/aromatic N) is 4. The van der Waals surface area contributed by atoms with Crippen LogP contribution < -0.4 is 11.1 Å². The highest BCUT2D eigenvalue weighted by Crippen LogP contribution is 2.43. The Morgan fingerprint density at radius 2 is 1.92 bits per heavy atom. The average Bonchev–Trinajstić information content (AvgIpc) is 3.35. The van der Waals surface area contributed by atoms with Gasteiger partial charge in [0, 0.05) is 56.9 Å². The van der Waals surface area contributed by atoms with Crippen LogP contribution in [-0.4, -0.2) is 63.9 Å². The highest BCUT2D eigenvalue weighted by molar-refractivity contribution is 5.73. The molecule has 0 bridgehead atoms. The van der Waals surface area contributed by atoms with E-state index in [0.29, 0.717) is 23.9 Å². The third-order valence-electron chi connectivity index (χ3n) is 6.25. The summed E-state index contributed by atoms with van der Waals surface area (Å²) < 4.78 is 0. The Bertz CT molecular complexity index is 648. The van der Waals surface area contributed by atoms with Crippen molar-refractivity contribution in [1.29, 1.82) is 0 Å². The van der Waals surface area contributed by atoms with E-state index >= 15 is 0 Å². The summed E-state index contributed by atoms with van der Waals surface area (Å²) in [6.07, 6.45) is 4.88. The van der Waals surface area contributed by atoms with Crippen molar-refractivity contribution in [3.63, 3.8) is 0 Å². The van der Waals surface area contributed by atoms with E-state index in [1.165, 1.54) is 12.8 Å². The maximum Gasteiger partial charge on any atom is 0.222 e. The SMILES string of the molecule is CC(=O)N1CCC(N2C[C@H](Nc3cc(C)nc(N)n3)[C@@H](C3CC3)C2)CC1. The number of nitrogen functional groups attached to an aromatic ring is 1. The minimum Gasteiger partial charge on any atom is -0.368 e. The Kier molecular flexibility index (Phi) is 4.73. The Hall–Kier alpha value is -1.89. The van der Waals surface area contributed by atoms with Crippen molar-refractivity contribution in [1.82, 2.24) is 19.8 Å². The average molecular weight is 358 g/mol. The number of anilines is 2. The Morgan fingerprint density at radius 1 is 1.19 bits per heavy atom. The smallest absolute Gasteiger partial charge is 0.222 e. The van der Waals surface area contributed by atoms with Crippen molar-refractivity contribution in [3.8, 4) is 0 Å². The molecule has 142 valence electrons. The maximum absolute atomic E-state index is 11.6. The molecule has 2 saturated heterocycles. The molecule has 7 nitrogen and oxygen atoms in total. The second-order valence-corrected chi connectivity index (χ2v) is 8.20. The molecule has 0 spiro atoms. The van der Waals surface area contributed by atoms with E-state index in [-0.39, 0.29) is 5.91 Å². The van der Waals surface area contributed by atoms with Gasteiger partial charge in [0.05, 0.1) is 0 Å². The molecule has 7 heteroatoms. The van der Waals surface area contributed by atoms with E-state index in [0.717, 1.165) is 56.5 Å². The molecule has 2 aliphatic heterocycles. The Labute approximate surface area is 155 Å². The predicted molar refractivity (Wildman–Crippen MR) is 102 cm³/mol. The quantitative estimate of drug-likeness (QED) is 0.848.